The highest BCUT2D eigenvalue weighted by Gasteiger charge is 2.15. The third-order valence-electron chi connectivity index (χ3n) is 4.93. The summed E-state index contributed by atoms with van der Waals surface area (Å²) in [5, 5.41) is 4.83. The van der Waals surface area contributed by atoms with Crippen LogP contribution in [-0.2, 0) is 14.8 Å². The minimum Gasteiger partial charge on any atom is -0.484 e. The first-order chi connectivity index (χ1) is 15.4. The van der Waals surface area contributed by atoms with E-state index in [4.69, 9.17) is 4.74 Å². The van der Waals surface area contributed by atoms with E-state index in [0.717, 1.165) is 16.3 Å². The molecule has 0 fully saturated rings. The minimum atomic E-state index is -3.73. The molecule has 0 heterocycles. The first kappa shape index (κ1) is 21.4. The van der Waals surface area contributed by atoms with E-state index in [1.54, 1.807) is 24.3 Å². The van der Waals surface area contributed by atoms with Crippen LogP contribution in [0.25, 0.3) is 10.8 Å². The number of rotatable bonds is 7. The zero-order valence-corrected chi connectivity index (χ0v) is 18.2. The van der Waals surface area contributed by atoms with Gasteiger partial charge in [-0.05, 0) is 65.7 Å². The number of nitrogens with one attached hydrogen (secondary N) is 2. The van der Waals surface area contributed by atoms with E-state index in [2.05, 4.69) is 10.0 Å². The molecule has 0 aliphatic carbocycles. The van der Waals surface area contributed by atoms with Crippen molar-refractivity contribution in [3.05, 3.63) is 96.6 Å². The number of benzene rings is 4. The van der Waals surface area contributed by atoms with Gasteiger partial charge in [0.25, 0.3) is 15.9 Å². The van der Waals surface area contributed by atoms with E-state index >= 15 is 0 Å². The summed E-state index contributed by atoms with van der Waals surface area (Å²) < 4.78 is 33.4. The van der Waals surface area contributed by atoms with Gasteiger partial charge in [-0.1, -0.05) is 48.5 Å². The minimum absolute atomic E-state index is 0.103. The Morgan fingerprint density at radius 3 is 2.28 bits per heavy atom. The SMILES string of the molecule is Cc1ccccc1NS(=O)(=O)c1ccc(NC(=O)COc2ccc3ccccc3c2)cc1. The molecule has 0 aromatic heterocycles. The summed E-state index contributed by atoms with van der Waals surface area (Å²) in [5.41, 5.74) is 1.83. The number of hydrogen-bond acceptors (Lipinski definition) is 4. The molecule has 7 heteroatoms. The lowest BCUT2D eigenvalue weighted by Crippen LogP contribution is -2.20. The molecule has 4 aromatic carbocycles. The highest BCUT2D eigenvalue weighted by molar-refractivity contribution is 7.92. The molecular weight excluding hydrogens is 424 g/mol. The summed E-state index contributed by atoms with van der Waals surface area (Å²) in [6.07, 6.45) is 0. The number of aryl methyl sites for hydroxylation is 1. The second-order valence-electron chi connectivity index (χ2n) is 7.29. The van der Waals surface area contributed by atoms with Crippen LogP contribution in [0.2, 0.25) is 0 Å². The maximum atomic E-state index is 12.6. The maximum Gasteiger partial charge on any atom is 0.262 e. The van der Waals surface area contributed by atoms with Gasteiger partial charge in [0.05, 0.1) is 10.6 Å². The molecule has 6 nitrogen and oxygen atoms in total. The van der Waals surface area contributed by atoms with Gasteiger partial charge in [0, 0.05) is 5.69 Å². The normalized spacial score (nSPS) is 11.2. The van der Waals surface area contributed by atoms with Crippen molar-refractivity contribution in [3.63, 3.8) is 0 Å². The van der Waals surface area contributed by atoms with E-state index in [-0.39, 0.29) is 17.4 Å². The smallest absolute Gasteiger partial charge is 0.262 e. The van der Waals surface area contributed by atoms with Crippen molar-refractivity contribution >= 4 is 38.1 Å². The van der Waals surface area contributed by atoms with E-state index in [9.17, 15) is 13.2 Å². The molecule has 0 atom stereocenters. The van der Waals surface area contributed by atoms with Crippen LogP contribution in [0.3, 0.4) is 0 Å². The Bertz CT molecular complexity index is 1370. The summed E-state index contributed by atoms with van der Waals surface area (Å²) in [5.74, 6) is 0.259. The van der Waals surface area contributed by atoms with Gasteiger partial charge in [0.1, 0.15) is 5.75 Å². The molecule has 32 heavy (non-hydrogen) atoms. The van der Waals surface area contributed by atoms with Crippen molar-refractivity contribution in [2.45, 2.75) is 11.8 Å². The Kier molecular flexibility index (Phi) is 6.09. The Balaban J connectivity index is 1.36. The molecule has 0 unspecified atom stereocenters. The number of amides is 1. The summed E-state index contributed by atoms with van der Waals surface area (Å²) >= 11 is 0. The molecule has 1 amide bonds. The molecule has 162 valence electrons. The lowest BCUT2D eigenvalue weighted by molar-refractivity contribution is -0.118. The molecule has 0 radical (unpaired) electrons. The van der Waals surface area contributed by atoms with E-state index in [0.29, 0.717) is 17.1 Å². The maximum absolute atomic E-state index is 12.6. The standard InChI is InChI=1S/C25H22N2O4S/c1-18-6-2-5-9-24(18)27-32(29,30)23-14-11-21(12-15-23)26-25(28)17-31-22-13-10-19-7-3-4-8-20(19)16-22/h2-16,27H,17H2,1H3,(H,26,28). The fourth-order valence-corrected chi connectivity index (χ4v) is 4.34. The number of ether oxygens (including phenoxy) is 1. The van der Waals surface area contributed by atoms with Gasteiger partial charge in [0.2, 0.25) is 0 Å². The van der Waals surface area contributed by atoms with Gasteiger partial charge in [-0.15, -0.1) is 0 Å². The molecule has 0 saturated carbocycles. The second kappa shape index (κ2) is 9.11. The lowest BCUT2D eigenvalue weighted by Gasteiger charge is -2.11. The number of para-hydroxylation sites is 1. The van der Waals surface area contributed by atoms with Crippen molar-refractivity contribution in [1.82, 2.24) is 0 Å². The Morgan fingerprint density at radius 1 is 0.844 bits per heavy atom. The van der Waals surface area contributed by atoms with Crippen LogP contribution in [0.4, 0.5) is 11.4 Å². The highest BCUT2D eigenvalue weighted by atomic mass is 32.2. The third-order valence-corrected chi connectivity index (χ3v) is 6.31. The zero-order valence-electron chi connectivity index (χ0n) is 17.4. The number of sulfonamides is 1. The Morgan fingerprint density at radius 2 is 1.53 bits per heavy atom. The molecule has 0 aliphatic rings. The summed E-state index contributed by atoms with van der Waals surface area (Å²) in [6, 6.07) is 26.6. The van der Waals surface area contributed by atoms with Crippen molar-refractivity contribution in [2.24, 2.45) is 0 Å². The number of carbonyl (C=O) groups is 1. The van der Waals surface area contributed by atoms with Crippen LogP contribution < -0.4 is 14.8 Å². The van der Waals surface area contributed by atoms with Crippen LogP contribution >= 0.6 is 0 Å². The van der Waals surface area contributed by atoms with Crippen LogP contribution in [0.5, 0.6) is 5.75 Å². The summed E-state index contributed by atoms with van der Waals surface area (Å²) in [4.78, 5) is 12.3. The molecule has 0 aliphatic heterocycles. The van der Waals surface area contributed by atoms with Gasteiger partial charge in [-0.3, -0.25) is 9.52 Å². The topological polar surface area (TPSA) is 84.5 Å². The van der Waals surface area contributed by atoms with Gasteiger partial charge >= 0.3 is 0 Å². The monoisotopic (exact) mass is 446 g/mol. The molecule has 0 spiro atoms. The first-order valence-electron chi connectivity index (χ1n) is 10.0. The summed E-state index contributed by atoms with van der Waals surface area (Å²) in [7, 11) is -3.73. The zero-order chi connectivity index (χ0) is 22.6. The largest absolute Gasteiger partial charge is 0.484 e. The highest BCUT2D eigenvalue weighted by Crippen LogP contribution is 2.22. The third kappa shape index (κ3) is 5.07. The van der Waals surface area contributed by atoms with Crippen molar-refractivity contribution < 1.29 is 17.9 Å². The van der Waals surface area contributed by atoms with Crippen LogP contribution in [0.1, 0.15) is 5.56 Å². The van der Waals surface area contributed by atoms with Crippen LogP contribution in [-0.4, -0.2) is 20.9 Å². The van der Waals surface area contributed by atoms with E-state index < -0.39 is 10.0 Å². The molecule has 0 saturated heterocycles. The fraction of sp³-hybridized carbons (Fsp3) is 0.0800. The van der Waals surface area contributed by atoms with Gasteiger partial charge in [-0.2, -0.15) is 0 Å². The average Bonchev–Trinajstić information content (AvgIpc) is 2.79. The number of anilines is 2. The first-order valence-corrected chi connectivity index (χ1v) is 11.5. The van der Waals surface area contributed by atoms with Gasteiger partial charge in [-0.25, -0.2) is 8.42 Å². The lowest BCUT2D eigenvalue weighted by atomic mass is 10.1. The van der Waals surface area contributed by atoms with Gasteiger partial charge < -0.3 is 10.1 Å². The van der Waals surface area contributed by atoms with Crippen LogP contribution in [0.15, 0.2) is 95.9 Å². The molecule has 2 N–H and O–H groups in total. The Labute approximate surface area is 186 Å². The second-order valence-corrected chi connectivity index (χ2v) is 8.97. The fourth-order valence-electron chi connectivity index (χ4n) is 3.21. The molecular formula is C25H22N2O4S. The number of carbonyl (C=O) groups excluding carboxylic acids is 1. The average molecular weight is 447 g/mol. The summed E-state index contributed by atoms with van der Waals surface area (Å²) in [6.45, 7) is 1.67. The van der Waals surface area contributed by atoms with Crippen molar-refractivity contribution in [3.8, 4) is 5.75 Å². The number of fused-ring (bicyclic) bond motifs is 1. The van der Waals surface area contributed by atoms with E-state index in [1.807, 2.05) is 61.5 Å². The molecule has 4 aromatic rings. The molecule has 4 rings (SSSR count). The van der Waals surface area contributed by atoms with Crippen LogP contribution in [0, 0.1) is 6.92 Å². The van der Waals surface area contributed by atoms with Crippen molar-refractivity contribution in [2.75, 3.05) is 16.6 Å². The Hall–Kier alpha value is -3.84. The van der Waals surface area contributed by atoms with Gasteiger partial charge in [0.15, 0.2) is 6.61 Å². The number of hydrogen-bond donors (Lipinski definition) is 2. The van der Waals surface area contributed by atoms with E-state index in [1.165, 1.54) is 12.1 Å². The predicted octanol–water partition coefficient (Wildman–Crippen LogP) is 4.97. The quantitative estimate of drug-likeness (QED) is 0.420. The molecule has 0 bridgehead atoms. The predicted molar refractivity (Wildman–Crippen MR) is 127 cm³/mol. The van der Waals surface area contributed by atoms with Crippen molar-refractivity contribution in [1.29, 1.82) is 0 Å².